The molecule has 0 saturated heterocycles. The van der Waals surface area contributed by atoms with Crippen molar-refractivity contribution in [2.24, 2.45) is 0 Å². The number of rotatable bonds is 2. The zero-order valence-corrected chi connectivity index (χ0v) is 6.70. The molecule has 0 bridgehead atoms. The summed E-state index contributed by atoms with van der Waals surface area (Å²) in [4.78, 5) is 31.4. The second-order valence-electron chi connectivity index (χ2n) is 1.60. The molecular formula is C6H8NO5. The molecule has 0 saturated carbocycles. The van der Waals surface area contributed by atoms with E-state index in [0.29, 0.717) is 0 Å². The van der Waals surface area contributed by atoms with Crippen molar-refractivity contribution in [1.29, 1.82) is 0 Å². The molecule has 0 rings (SSSR count). The zero-order chi connectivity index (χ0) is 9.56. The molecule has 0 N–H and O–H groups in total. The fourth-order valence-corrected chi connectivity index (χ4v) is 0.428. The molecule has 6 nitrogen and oxygen atoms in total. The van der Waals surface area contributed by atoms with Crippen molar-refractivity contribution in [2.45, 2.75) is 6.92 Å². The quantitative estimate of drug-likeness (QED) is 0.562. The van der Waals surface area contributed by atoms with Gasteiger partial charge >= 0.3 is 18.6 Å². The van der Waals surface area contributed by atoms with Gasteiger partial charge in [-0.15, -0.1) is 4.90 Å². The summed E-state index contributed by atoms with van der Waals surface area (Å²) in [5.41, 5.74) is 0. The van der Waals surface area contributed by atoms with Crippen LogP contribution in [0.5, 0.6) is 0 Å². The topological polar surface area (TPSA) is 72.9 Å². The maximum Gasteiger partial charge on any atom is 0.426 e. The van der Waals surface area contributed by atoms with Gasteiger partial charge in [-0.2, -0.15) is 0 Å². The molecule has 0 unspecified atom stereocenters. The predicted octanol–water partition coefficient (Wildman–Crippen LogP) is 0.279. The maximum absolute atomic E-state index is 10.7. The van der Waals surface area contributed by atoms with Crippen LogP contribution in [0.2, 0.25) is 0 Å². The molecule has 0 heterocycles. The Morgan fingerprint density at radius 1 is 1.42 bits per heavy atom. The van der Waals surface area contributed by atoms with Gasteiger partial charge in [-0.3, -0.25) is 4.79 Å². The third-order valence-corrected chi connectivity index (χ3v) is 0.899. The first kappa shape index (κ1) is 10.4. The highest BCUT2D eigenvalue weighted by molar-refractivity contribution is 5.98. The summed E-state index contributed by atoms with van der Waals surface area (Å²) in [6, 6.07) is 0. The van der Waals surface area contributed by atoms with Gasteiger partial charge in [0.1, 0.15) is 0 Å². The minimum atomic E-state index is -1.12. The third-order valence-electron chi connectivity index (χ3n) is 0.899. The Hall–Kier alpha value is -1.59. The highest BCUT2D eigenvalue weighted by atomic mass is 16.6. The maximum atomic E-state index is 10.7. The van der Waals surface area contributed by atoms with E-state index in [9.17, 15) is 14.4 Å². The van der Waals surface area contributed by atoms with Gasteiger partial charge in [-0.1, -0.05) is 0 Å². The zero-order valence-electron chi connectivity index (χ0n) is 6.70. The Labute approximate surface area is 69.0 Å². The second kappa shape index (κ2) is 5.11. The number of carbonyl (C=O) groups is 2. The van der Waals surface area contributed by atoms with E-state index in [-0.39, 0.29) is 11.5 Å². The summed E-state index contributed by atoms with van der Waals surface area (Å²) in [5, 5.41) is 0. The molecule has 0 aliphatic heterocycles. The number of hydrogen-bond donors (Lipinski definition) is 0. The van der Waals surface area contributed by atoms with E-state index in [1.165, 1.54) is 6.92 Å². The van der Waals surface area contributed by atoms with Gasteiger partial charge in [-0.05, 0) is 6.92 Å². The minimum Gasteiger partial charge on any atom is -0.452 e. The first-order valence-electron chi connectivity index (χ1n) is 3.10. The van der Waals surface area contributed by atoms with Crippen molar-refractivity contribution in [3.8, 4) is 0 Å². The highest BCUT2D eigenvalue weighted by Gasteiger charge is 2.23. The first-order chi connectivity index (χ1) is 5.67. The molecular weight excluding hydrogens is 166 g/mol. The summed E-state index contributed by atoms with van der Waals surface area (Å²) >= 11 is 0. The Balaban J connectivity index is 4.23. The molecule has 12 heavy (non-hydrogen) atoms. The summed E-state index contributed by atoms with van der Waals surface area (Å²) in [5.74, 6) is 0. The Morgan fingerprint density at radius 2 is 2.00 bits per heavy atom. The summed E-state index contributed by atoms with van der Waals surface area (Å²) in [6.07, 6.45) is -1.15. The van der Waals surface area contributed by atoms with Gasteiger partial charge in [0.25, 0.3) is 0 Å². The van der Waals surface area contributed by atoms with Crippen LogP contribution in [-0.4, -0.2) is 37.2 Å². The largest absolute Gasteiger partial charge is 0.452 e. The molecule has 0 aromatic carbocycles. The average molecular weight is 174 g/mol. The van der Waals surface area contributed by atoms with Crippen LogP contribution in [0.15, 0.2) is 0 Å². The Kier molecular flexibility index (Phi) is 4.43. The van der Waals surface area contributed by atoms with Gasteiger partial charge in [0.05, 0.1) is 13.7 Å². The van der Waals surface area contributed by atoms with Crippen LogP contribution in [0.25, 0.3) is 0 Å². The van der Waals surface area contributed by atoms with E-state index in [1.807, 2.05) is 0 Å². The van der Waals surface area contributed by atoms with Crippen LogP contribution in [0.4, 0.5) is 9.59 Å². The number of imide groups is 3. The second-order valence-corrected chi connectivity index (χ2v) is 1.60. The van der Waals surface area contributed by atoms with Crippen molar-refractivity contribution >= 4 is 18.6 Å². The van der Waals surface area contributed by atoms with E-state index in [1.54, 1.807) is 0 Å². The van der Waals surface area contributed by atoms with Gasteiger partial charge < -0.3 is 9.47 Å². The summed E-state index contributed by atoms with van der Waals surface area (Å²) in [7, 11) is 1.03. The van der Waals surface area contributed by atoms with Crippen molar-refractivity contribution in [1.82, 2.24) is 4.90 Å². The Bertz CT molecular complexity index is 190. The normalized spacial score (nSPS) is 8.50. The highest BCUT2D eigenvalue weighted by Crippen LogP contribution is 1.93. The fraction of sp³-hybridized carbons (Fsp3) is 0.500. The lowest BCUT2D eigenvalue weighted by molar-refractivity contribution is 0.109. The number of carbonyl (C=O) groups excluding carboxylic acids is 3. The fourth-order valence-electron chi connectivity index (χ4n) is 0.428. The molecule has 1 radical (unpaired) electrons. The van der Waals surface area contributed by atoms with Crippen LogP contribution in [-0.2, 0) is 14.3 Å². The molecule has 0 atom stereocenters. The summed E-state index contributed by atoms with van der Waals surface area (Å²) < 4.78 is 8.44. The predicted molar refractivity (Wildman–Crippen MR) is 37.0 cm³/mol. The van der Waals surface area contributed by atoms with Gasteiger partial charge in [0, 0.05) is 0 Å². The molecule has 6 heteroatoms. The van der Waals surface area contributed by atoms with Crippen LogP contribution < -0.4 is 0 Å². The van der Waals surface area contributed by atoms with Crippen LogP contribution in [0, 0.1) is 0 Å². The van der Waals surface area contributed by atoms with Gasteiger partial charge in [0.15, 0.2) is 0 Å². The van der Waals surface area contributed by atoms with E-state index in [4.69, 9.17) is 0 Å². The first-order valence-corrected chi connectivity index (χ1v) is 3.10. The molecule has 67 valence electrons. The smallest absolute Gasteiger partial charge is 0.426 e. The van der Waals surface area contributed by atoms with E-state index < -0.39 is 12.2 Å². The Morgan fingerprint density at radius 3 is 2.33 bits per heavy atom. The SMILES string of the molecule is CCOC(=O)N([C]=O)C(=O)OC. The molecule has 0 aromatic heterocycles. The lowest BCUT2D eigenvalue weighted by Crippen LogP contribution is -2.35. The van der Waals surface area contributed by atoms with Gasteiger partial charge in [-0.25, -0.2) is 9.59 Å². The molecule has 0 spiro atoms. The standard InChI is InChI=1S/C6H8NO5/c1-3-12-6(10)7(4-8)5(9)11-2/h3H2,1-2H3. The van der Waals surface area contributed by atoms with Crippen molar-refractivity contribution in [2.75, 3.05) is 13.7 Å². The minimum absolute atomic E-state index is 0.0635. The van der Waals surface area contributed by atoms with E-state index in [0.717, 1.165) is 13.5 Å². The number of amides is 3. The van der Waals surface area contributed by atoms with Crippen molar-refractivity contribution in [3.05, 3.63) is 0 Å². The van der Waals surface area contributed by atoms with Crippen LogP contribution in [0.3, 0.4) is 0 Å². The van der Waals surface area contributed by atoms with Crippen LogP contribution in [0.1, 0.15) is 6.92 Å². The molecule has 0 aliphatic rings. The number of hydrogen-bond acceptors (Lipinski definition) is 5. The van der Waals surface area contributed by atoms with Crippen molar-refractivity contribution in [3.63, 3.8) is 0 Å². The number of nitrogens with zero attached hydrogens (tertiary/aromatic N) is 1. The van der Waals surface area contributed by atoms with Crippen LogP contribution >= 0.6 is 0 Å². The lowest BCUT2D eigenvalue weighted by Gasteiger charge is -2.09. The molecule has 0 aromatic rings. The monoisotopic (exact) mass is 174 g/mol. The van der Waals surface area contributed by atoms with E-state index >= 15 is 0 Å². The number of methoxy groups -OCH3 is 1. The summed E-state index contributed by atoms with van der Waals surface area (Å²) in [6.45, 7) is 1.60. The average Bonchev–Trinajstić information content (AvgIpc) is 2.06. The molecule has 0 aliphatic carbocycles. The van der Waals surface area contributed by atoms with Crippen molar-refractivity contribution < 1.29 is 23.9 Å². The number of ether oxygens (including phenoxy) is 2. The van der Waals surface area contributed by atoms with Gasteiger partial charge in [0.2, 0.25) is 0 Å². The third kappa shape index (κ3) is 2.57. The van der Waals surface area contributed by atoms with E-state index in [2.05, 4.69) is 9.47 Å². The lowest BCUT2D eigenvalue weighted by atomic mass is 10.8. The molecule has 0 fully saturated rings. The molecule has 3 amide bonds.